The van der Waals surface area contributed by atoms with Gasteiger partial charge in [-0.25, -0.2) is 4.79 Å². The van der Waals surface area contributed by atoms with E-state index >= 15 is 0 Å². The van der Waals surface area contributed by atoms with Crippen LogP contribution in [0.2, 0.25) is 0 Å². The molecule has 0 heterocycles. The molecule has 0 radical (unpaired) electrons. The Kier molecular flexibility index (Phi) is 2.57. The van der Waals surface area contributed by atoms with Gasteiger partial charge in [-0.15, -0.1) is 0 Å². The Bertz CT molecular complexity index is 112. The first-order valence-electron chi connectivity index (χ1n) is 2.47. The van der Waals surface area contributed by atoms with Crippen molar-refractivity contribution in [2.45, 2.75) is 19.1 Å². The fourth-order valence-electron chi connectivity index (χ4n) is 0.246. The monoisotopic (exact) mass is 134 g/mol. The number of nitrogens with two attached hydrogens (primary N) is 2. The molecule has 0 saturated heterocycles. The first-order valence-corrected chi connectivity index (χ1v) is 2.47. The quantitative estimate of drug-likeness (QED) is 0.314. The van der Waals surface area contributed by atoms with Crippen LogP contribution >= 0.6 is 0 Å². The topological polar surface area (TPSA) is 98.6 Å². The Hall–Kier alpha value is -0.650. The van der Waals surface area contributed by atoms with Crippen LogP contribution < -0.4 is 11.6 Å². The van der Waals surface area contributed by atoms with E-state index < -0.39 is 11.7 Å². The SMILES string of the molecule is CCC(N)(O)C(=O)ON. The molecule has 0 aliphatic rings. The predicted octanol–water partition coefficient (Wildman–Crippen LogP) is -1.54. The summed E-state index contributed by atoms with van der Waals surface area (Å²) in [5.41, 5.74) is 3.04. The van der Waals surface area contributed by atoms with E-state index in [2.05, 4.69) is 10.7 Å². The van der Waals surface area contributed by atoms with Crippen LogP contribution in [-0.4, -0.2) is 16.8 Å². The second-order valence-electron chi connectivity index (χ2n) is 1.68. The van der Waals surface area contributed by atoms with E-state index in [0.29, 0.717) is 0 Å². The van der Waals surface area contributed by atoms with Gasteiger partial charge in [0, 0.05) is 0 Å². The Morgan fingerprint density at radius 2 is 2.33 bits per heavy atom. The molecule has 0 bridgehead atoms. The summed E-state index contributed by atoms with van der Waals surface area (Å²) in [6.07, 6.45) is 0.0725. The lowest BCUT2D eigenvalue weighted by Crippen LogP contribution is -2.49. The van der Waals surface area contributed by atoms with Crippen molar-refractivity contribution >= 4 is 5.97 Å². The van der Waals surface area contributed by atoms with Crippen molar-refractivity contribution in [1.29, 1.82) is 0 Å². The van der Waals surface area contributed by atoms with Gasteiger partial charge in [-0.1, -0.05) is 6.92 Å². The summed E-state index contributed by atoms with van der Waals surface area (Å²) < 4.78 is 0. The summed E-state index contributed by atoms with van der Waals surface area (Å²) >= 11 is 0. The molecule has 0 amide bonds. The molecule has 54 valence electrons. The number of rotatable bonds is 2. The van der Waals surface area contributed by atoms with Crippen LogP contribution in [0.1, 0.15) is 13.3 Å². The highest BCUT2D eigenvalue weighted by Gasteiger charge is 2.30. The zero-order valence-electron chi connectivity index (χ0n) is 5.13. The van der Waals surface area contributed by atoms with E-state index in [1.807, 2.05) is 0 Å². The zero-order chi connectivity index (χ0) is 7.49. The van der Waals surface area contributed by atoms with Crippen molar-refractivity contribution in [2.75, 3.05) is 0 Å². The van der Waals surface area contributed by atoms with Crippen molar-refractivity contribution in [3.63, 3.8) is 0 Å². The summed E-state index contributed by atoms with van der Waals surface area (Å²) in [4.78, 5) is 14.0. The van der Waals surface area contributed by atoms with Crippen molar-refractivity contribution < 1.29 is 14.7 Å². The number of carbonyl (C=O) groups excluding carboxylic acids is 1. The Labute approximate surface area is 52.5 Å². The van der Waals surface area contributed by atoms with Gasteiger partial charge in [0.05, 0.1) is 0 Å². The lowest BCUT2D eigenvalue weighted by Gasteiger charge is -2.15. The molecule has 0 spiro atoms. The molecular formula is C4H10N2O3. The van der Waals surface area contributed by atoms with Gasteiger partial charge < -0.3 is 9.94 Å². The second kappa shape index (κ2) is 2.77. The van der Waals surface area contributed by atoms with Crippen LogP contribution in [-0.2, 0) is 9.63 Å². The molecule has 1 atom stereocenters. The Morgan fingerprint density at radius 3 is 2.44 bits per heavy atom. The van der Waals surface area contributed by atoms with Gasteiger partial charge in [0.1, 0.15) is 0 Å². The molecule has 9 heavy (non-hydrogen) atoms. The smallest absolute Gasteiger partial charge is 0.370 e. The standard InChI is InChI=1S/C4H10N2O3/c1-2-4(5,8)3(7)9-6/h8H,2,5-6H2,1H3. The molecule has 0 aliphatic heterocycles. The van der Waals surface area contributed by atoms with Crippen LogP contribution in [0.4, 0.5) is 0 Å². The van der Waals surface area contributed by atoms with Gasteiger partial charge in [-0.05, 0) is 6.42 Å². The molecule has 0 saturated carbocycles. The van der Waals surface area contributed by atoms with Crippen LogP contribution in [0.25, 0.3) is 0 Å². The summed E-state index contributed by atoms with van der Waals surface area (Å²) in [5.74, 6) is 3.42. The highest BCUT2D eigenvalue weighted by molar-refractivity contribution is 5.77. The first-order chi connectivity index (χ1) is 4.04. The fourth-order valence-corrected chi connectivity index (χ4v) is 0.246. The van der Waals surface area contributed by atoms with Gasteiger partial charge in [0.25, 0.3) is 0 Å². The van der Waals surface area contributed by atoms with Crippen molar-refractivity contribution in [1.82, 2.24) is 0 Å². The third-order valence-electron chi connectivity index (χ3n) is 1.000. The summed E-state index contributed by atoms with van der Waals surface area (Å²) in [6, 6.07) is 0. The van der Waals surface area contributed by atoms with E-state index in [9.17, 15) is 4.79 Å². The maximum Gasteiger partial charge on any atom is 0.371 e. The van der Waals surface area contributed by atoms with E-state index in [4.69, 9.17) is 10.8 Å². The summed E-state index contributed by atoms with van der Waals surface area (Å²) in [6.45, 7) is 1.54. The third kappa shape index (κ3) is 1.96. The molecule has 5 nitrogen and oxygen atoms in total. The van der Waals surface area contributed by atoms with E-state index in [0.717, 1.165) is 0 Å². The van der Waals surface area contributed by atoms with Crippen LogP contribution in [0, 0.1) is 0 Å². The Balaban J connectivity index is 3.97. The van der Waals surface area contributed by atoms with Crippen LogP contribution in [0.15, 0.2) is 0 Å². The minimum absolute atomic E-state index is 0.0725. The normalized spacial score (nSPS) is 16.4. The highest BCUT2D eigenvalue weighted by atomic mass is 16.7. The minimum atomic E-state index is -1.94. The summed E-state index contributed by atoms with van der Waals surface area (Å²) in [5, 5.41) is 8.81. The van der Waals surface area contributed by atoms with Crippen molar-refractivity contribution in [2.24, 2.45) is 11.6 Å². The largest absolute Gasteiger partial charge is 0.371 e. The lowest BCUT2D eigenvalue weighted by molar-refractivity contribution is -0.165. The molecule has 5 heteroatoms. The third-order valence-corrected chi connectivity index (χ3v) is 1.000. The van der Waals surface area contributed by atoms with E-state index in [1.165, 1.54) is 6.92 Å². The lowest BCUT2D eigenvalue weighted by atomic mass is 10.2. The Morgan fingerprint density at radius 1 is 1.89 bits per heavy atom. The van der Waals surface area contributed by atoms with Crippen LogP contribution in [0.5, 0.6) is 0 Å². The van der Waals surface area contributed by atoms with Gasteiger partial charge in [-0.2, -0.15) is 5.90 Å². The second-order valence-corrected chi connectivity index (χ2v) is 1.68. The molecule has 0 fully saturated rings. The van der Waals surface area contributed by atoms with Gasteiger partial charge >= 0.3 is 5.97 Å². The molecular weight excluding hydrogens is 124 g/mol. The minimum Gasteiger partial charge on any atom is -0.370 e. The first kappa shape index (κ1) is 8.35. The van der Waals surface area contributed by atoms with Gasteiger partial charge in [0.15, 0.2) is 0 Å². The average Bonchev–Trinajstić information content (AvgIpc) is 1.86. The maximum absolute atomic E-state index is 10.3. The van der Waals surface area contributed by atoms with Crippen molar-refractivity contribution in [3.8, 4) is 0 Å². The molecule has 0 aromatic heterocycles. The van der Waals surface area contributed by atoms with Gasteiger partial charge in [0.2, 0.25) is 5.72 Å². The van der Waals surface area contributed by atoms with Crippen molar-refractivity contribution in [3.05, 3.63) is 0 Å². The molecule has 1 unspecified atom stereocenters. The summed E-state index contributed by atoms with van der Waals surface area (Å²) in [7, 11) is 0. The maximum atomic E-state index is 10.3. The van der Waals surface area contributed by atoms with Crippen LogP contribution in [0.3, 0.4) is 0 Å². The molecule has 0 rings (SSSR count). The molecule has 5 N–H and O–H groups in total. The van der Waals surface area contributed by atoms with E-state index in [1.54, 1.807) is 0 Å². The molecule has 0 aliphatic carbocycles. The number of aliphatic hydroxyl groups is 1. The number of hydrogen-bond donors (Lipinski definition) is 3. The molecule has 0 aromatic carbocycles. The highest BCUT2D eigenvalue weighted by Crippen LogP contribution is 2.00. The van der Waals surface area contributed by atoms with E-state index in [-0.39, 0.29) is 6.42 Å². The fraction of sp³-hybridized carbons (Fsp3) is 0.750. The predicted molar refractivity (Wildman–Crippen MR) is 29.7 cm³/mol. The molecule has 0 aromatic rings. The average molecular weight is 134 g/mol. The number of hydrogen-bond acceptors (Lipinski definition) is 5. The number of carbonyl (C=O) groups is 1. The zero-order valence-corrected chi connectivity index (χ0v) is 5.13. The van der Waals surface area contributed by atoms with Gasteiger partial charge in [-0.3, -0.25) is 5.73 Å².